The molecule has 0 aliphatic heterocycles. The van der Waals surface area contributed by atoms with E-state index in [4.69, 9.17) is 15.2 Å². The third-order valence-corrected chi connectivity index (χ3v) is 3.17. The van der Waals surface area contributed by atoms with Crippen LogP contribution in [-0.2, 0) is 10.2 Å². The molecule has 0 aliphatic carbocycles. The Hall–Kier alpha value is -1.10. The highest BCUT2D eigenvalue weighted by Crippen LogP contribution is 2.31. The second-order valence-corrected chi connectivity index (χ2v) is 6.25. The van der Waals surface area contributed by atoms with E-state index in [0.717, 1.165) is 18.8 Å². The van der Waals surface area contributed by atoms with Crippen LogP contribution in [0.25, 0.3) is 0 Å². The van der Waals surface area contributed by atoms with Crippen LogP contribution in [0.3, 0.4) is 0 Å². The fourth-order valence-corrected chi connectivity index (χ4v) is 2.05. The minimum Gasteiger partial charge on any atom is -0.491 e. The van der Waals surface area contributed by atoms with Gasteiger partial charge in [-0.3, -0.25) is 0 Å². The molecule has 0 aliphatic rings. The zero-order chi connectivity index (χ0) is 15.7. The van der Waals surface area contributed by atoms with Gasteiger partial charge in [-0.15, -0.1) is 0 Å². The van der Waals surface area contributed by atoms with Crippen LogP contribution in [-0.4, -0.2) is 39.5 Å². The maximum Gasteiger partial charge on any atom is 0.123 e. The average molecular weight is 294 g/mol. The number of ether oxygens (including phenoxy) is 2. The van der Waals surface area contributed by atoms with Crippen LogP contribution in [0.1, 0.15) is 31.9 Å². The molecule has 21 heavy (non-hydrogen) atoms. The Bertz CT molecular complexity index is 414. The summed E-state index contributed by atoms with van der Waals surface area (Å²) in [6, 6.07) is 6.39. The van der Waals surface area contributed by atoms with Crippen LogP contribution in [0.15, 0.2) is 18.2 Å². The van der Waals surface area contributed by atoms with Crippen molar-refractivity contribution in [3.63, 3.8) is 0 Å². The fourth-order valence-electron chi connectivity index (χ4n) is 2.05. The van der Waals surface area contributed by atoms with Crippen LogP contribution in [0.2, 0.25) is 0 Å². The quantitative estimate of drug-likeness (QED) is 0.686. The first-order valence-electron chi connectivity index (χ1n) is 7.67. The number of nitrogens with one attached hydrogen (secondary N) is 1. The van der Waals surface area contributed by atoms with E-state index >= 15 is 0 Å². The second kappa shape index (κ2) is 9.03. The van der Waals surface area contributed by atoms with E-state index in [1.165, 1.54) is 11.1 Å². The molecule has 3 N–H and O–H groups in total. The first kappa shape index (κ1) is 18.0. The van der Waals surface area contributed by atoms with Gasteiger partial charge < -0.3 is 20.5 Å². The molecule has 0 saturated heterocycles. The number of hydrogen-bond acceptors (Lipinski definition) is 4. The summed E-state index contributed by atoms with van der Waals surface area (Å²) in [6.45, 7) is 12.9. The molecular formula is C17H30N2O2. The fraction of sp³-hybridized carbons (Fsp3) is 0.647. The van der Waals surface area contributed by atoms with Crippen LogP contribution < -0.4 is 15.8 Å². The monoisotopic (exact) mass is 294 g/mol. The number of benzene rings is 1. The van der Waals surface area contributed by atoms with E-state index in [9.17, 15) is 0 Å². The SMILES string of the molecule is Cc1ccc(C(C)(C)C)c(OCCOCCNCCN)c1. The van der Waals surface area contributed by atoms with E-state index in [0.29, 0.717) is 26.4 Å². The third kappa shape index (κ3) is 6.93. The minimum absolute atomic E-state index is 0.0794. The first-order chi connectivity index (χ1) is 9.95. The van der Waals surface area contributed by atoms with Gasteiger partial charge in [0.05, 0.1) is 13.2 Å². The lowest BCUT2D eigenvalue weighted by Gasteiger charge is -2.23. The molecule has 0 unspecified atom stereocenters. The van der Waals surface area contributed by atoms with Crippen molar-refractivity contribution in [2.45, 2.75) is 33.1 Å². The van der Waals surface area contributed by atoms with Crippen molar-refractivity contribution < 1.29 is 9.47 Å². The van der Waals surface area contributed by atoms with E-state index in [-0.39, 0.29) is 5.41 Å². The maximum atomic E-state index is 5.91. The molecule has 0 fully saturated rings. The smallest absolute Gasteiger partial charge is 0.123 e. The molecule has 0 aromatic heterocycles. The molecule has 120 valence electrons. The average Bonchev–Trinajstić information content (AvgIpc) is 2.40. The molecule has 1 rings (SSSR count). The molecule has 4 heteroatoms. The van der Waals surface area contributed by atoms with Crippen molar-refractivity contribution in [3.05, 3.63) is 29.3 Å². The Morgan fingerprint density at radius 2 is 1.86 bits per heavy atom. The van der Waals surface area contributed by atoms with Gasteiger partial charge in [0.1, 0.15) is 12.4 Å². The molecule has 0 bridgehead atoms. The van der Waals surface area contributed by atoms with E-state index < -0.39 is 0 Å². The van der Waals surface area contributed by atoms with Gasteiger partial charge in [0.25, 0.3) is 0 Å². The van der Waals surface area contributed by atoms with Gasteiger partial charge in [-0.2, -0.15) is 0 Å². The van der Waals surface area contributed by atoms with Crippen LogP contribution in [0.5, 0.6) is 5.75 Å². The second-order valence-electron chi connectivity index (χ2n) is 6.25. The maximum absolute atomic E-state index is 5.91. The van der Waals surface area contributed by atoms with Gasteiger partial charge >= 0.3 is 0 Å². The van der Waals surface area contributed by atoms with E-state index in [1.54, 1.807) is 0 Å². The van der Waals surface area contributed by atoms with Gasteiger partial charge in [0, 0.05) is 19.6 Å². The Morgan fingerprint density at radius 1 is 1.10 bits per heavy atom. The number of rotatable bonds is 9. The summed E-state index contributed by atoms with van der Waals surface area (Å²) in [5, 5.41) is 3.19. The molecule has 0 radical (unpaired) electrons. The molecule has 4 nitrogen and oxygen atoms in total. The standard InChI is InChI=1S/C17H30N2O2/c1-14-5-6-15(17(2,3)4)16(13-14)21-12-11-20-10-9-19-8-7-18/h5-6,13,19H,7-12,18H2,1-4H3. The minimum atomic E-state index is 0.0794. The third-order valence-electron chi connectivity index (χ3n) is 3.17. The van der Waals surface area contributed by atoms with Crippen LogP contribution in [0, 0.1) is 6.92 Å². The van der Waals surface area contributed by atoms with Gasteiger partial charge in [-0.1, -0.05) is 32.9 Å². The molecule has 0 saturated carbocycles. The predicted octanol–water partition coefficient (Wildman–Crippen LogP) is 2.24. The molecule has 0 atom stereocenters. The van der Waals surface area contributed by atoms with Crippen molar-refractivity contribution >= 4 is 0 Å². The lowest BCUT2D eigenvalue weighted by Crippen LogP contribution is -2.26. The van der Waals surface area contributed by atoms with E-state index in [2.05, 4.69) is 51.2 Å². The lowest BCUT2D eigenvalue weighted by molar-refractivity contribution is 0.101. The number of aryl methyl sites for hydroxylation is 1. The highest BCUT2D eigenvalue weighted by Gasteiger charge is 2.18. The summed E-state index contributed by atoms with van der Waals surface area (Å²) < 4.78 is 11.4. The Kier molecular flexibility index (Phi) is 7.72. The largest absolute Gasteiger partial charge is 0.491 e. The van der Waals surface area contributed by atoms with Crippen molar-refractivity contribution in [3.8, 4) is 5.75 Å². The zero-order valence-electron chi connectivity index (χ0n) is 13.9. The lowest BCUT2D eigenvalue weighted by atomic mass is 9.86. The molecule has 0 spiro atoms. The number of hydrogen-bond donors (Lipinski definition) is 2. The normalized spacial score (nSPS) is 11.7. The summed E-state index contributed by atoms with van der Waals surface area (Å²) in [6.07, 6.45) is 0. The van der Waals surface area contributed by atoms with Crippen LogP contribution >= 0.6 is 0 Å². The highest BCUT2D eigenvalue weighted by molar-refractivity contribution is 5.41. The topological polar surface area (TPSA) is 56.5 Å². The van der Waals surface area contributed by atoms with Crippen LogP contribution in [0.4, 0.5) is 0 Å². The van der Waals surface area contributed by atoms with Gasteiger partial charge in [-0.05, 0) is 29.5 Å². The van der Waals surface area contributed by atoms with E-state index in [1.807, 2.05) is 0 Å². The molecule has 1 aromatic carbocycles. The number of nitrogens with two attached hydrogens (primary N) is 1. The summed E-state index contributed by atoms with van der Waals surface area (Å²) >= 11 is 0. The molecular weight excluding hydrogens is 264 g/mol. The zero-order valence-corrected chi connectivity index (χ0v) is 13.9. The molecule has 1 aromatic rings. The predicted molar refractivity (Wildman–Crippen MR) is 88.1 cm³/mol. The Labute approximate surface area is 129 Å². The Balaban J connectivity index is 2.36. The summed E-state index contributed by atoms with van der Waals surface area (Å²) in [5.41, 5.74) is 7.92. The molecule has 0 heterocycles. The summed E-state index contributed by atoms with van der Waals surface area (Å²) in [5.74, 6) is 0.965. The first-order valence-corrected chi connectivity index (χ1v) is 7.67. The summed E-state index contributed by atoms with van der Waals surface area (Å²) in [7, 11) is 0. The summed E-state index contributed by atoms with van der Waals surface area (Å²) in [4.78, 5) is 0. The highest BCUT2D eigenvalue weighted by atomic mass is 16.5. The Morgan fingerprint density at radius 3 is 2.52 bits per heavy atom. The van der Waals surface area contributed by atoms with Gasteiger partial charge in [0.2, 0.25) is 0 Å². The van der Waals surface area contributed by atoms with Crippen molar-refractivity contribution in [2.24, 2.45) is 5.73 Å². The molecule has 0 amide bonds. The van der Waals surface area contributed by atoms with Crippen molar-refractivity contribution in [2.75, 3.05) is 39.5 Å². The van der Waals surface area contributed by atoms with Gasteiger partial charge in [-0.25, -0.2) is 0 Å². The van der Waals surface area contributed by atoms with Crippen molar-refractivity contribution in [1.82, 2.24) is 5.32 Å². The van der Waals surface area contributed by atoms with Gasteiger partial charge in [0.15, 0.2) is 0 Å². The van der Waals surface area contributed by atoms with Crippen molar-refractivity contribution in [1.29, 1.82) is 0 Å².